The molecule has 0 aliphatic rings. The van der Waals surface area contributed by atoms with Gasteiger partial charge in [-0.2, -0.15) is 0 Å². The Morgan fingerprint density at radius 2 is 1.75 bits per heavy atom. The zero-order valence-corrected chi connectivity index (χ0v) is 16.2. The molecule has 0 fully saturated rings. The summed E-state index contributed by atoms with van der Waals surface area (Å²) >= 11 is 0. The van der Waals surface area contributed by atoms with Crippen molar-refractivity contribution in [3.8, 4) is 5.75 Å². The predicted octanol–water partition coefficient (Wildman–Crippen LogP) is 1.98. The Hall–Kier alpha value is -3.35. The molecule has 0 radical (unpaired) electrons. The molecule has 0 spiro atoms. The van der Waals surface area contributed by atoms with Crippen LogP contribution in [0.3, 0.4) is 0 Å². The molecule has 0 saturated carbocycles. The SMILES string of the molecule is COc1ccc(CNC(=O)[C@@H](C)OC(=O)CNC(=O)c2cccc(C)c2)cc1. The minimum Gasteiger partial charge on any atom is -0.497 e. The second-order valence-corrected chi connectivity index (χ2v) is 6.25. The number of benzene rings is 2. The second-order valence-electron chi connectivity index (χ2n) is 6.25. The van der Waals surface area contributed by atoms with Crippen molar-refractivity contribution in [1.29, 1.82) is 0 Å². The van der Waals surface area contributed by atoms with Gasteiger partial charge in [-0.1, -0.05) is 29.8 Å². The van der Waals surface area contributed by atoms with Crippen molar-refractivity contribution < 1.29 is 23.9 Å². The standard InChI is InChI=1S/C21H24N2O5/c1-14-5-4-6-17(11-14)21(26)23-13-19(24)28-15(2)20(25)22-12-16-7-9-18(27-3)10-8-16/h4-11,15H,12-13H2,1-3H3,(H,22,25)(H,23,26)/t15-/m1/s1. The molecular weight excluding hydrogens is 360 g/mol. The number of amides is 2. The molecule has 0 aliphatic heterocycles. The molecule has 0 aromatic heterocycles. The maximum absolute atomic E-state index is 12.1. The predicted molar refractivity (Wildman–Crippen MR) is 104 cm³/mol. The van der Waals surface area contributed by atoms with E-state index in [0.29, 0.717) is 12.1 Å². The number of carbonyl (C=O) groups excluding carboxylic acids is 3. The molecule has 28 heavy (non-hydrogen) atoms. The lowest BCUT2D eigenvalue weighted by Gasteiger charge is -2.14. The molecule has 148 valence electrons. The number of ether oxygens (including phenoxy) is 2. The monoisotopic (exact) mass is 384 g/mol. The summed E-state index contributed by atoms with van der Waals surface area (Å²) in [6.07, 6.45) is -0.971. The van der Waals surface area contributed by atoms with Gasteiger partial charge in [-0.15, -0.1) is 0 Å². The highest BCUT2D eigenvalue weighted by atomic mass is 16.5. The van der Waals surface area contributed by atoms with Gasteiger partial charge in [0.25, 0.3) is 11.8 Å². The van der Waals surface area contributed by atoms with E-state index in [-0.39, 0.29) is 12.5 Å². The van der Waals surface area contributed by atoms with Gasteiger partial charge in [-0.25, -0.2) is 0 Å². The largest absolute Gasteiger partial charge is 0.497 e. The lowest BCUT2D eigenvalue weighted by molar-refractivity contribution is -0.153. The summed E-state index contributed by atoms with van der Waals surface area (Å²) < 4.78 is 10.1. The maximum Gasteiger partial charge on any atom is 0.326 e. The van der Waals surface area contributed by atoms with E-state index >= 15 is 0 Å². The zero-order valence-electron chi connectivity index (χ0n) is 16.2. The Bertz CT molecular complexity index is 833. The first-order valence-electron chi connectivity index (χ1n) is 8.84. The van der Waals surface area contributed by atoms with Gasteiger partial charge in [0, 0.05) is 12.1 Å². The van der Waals surface area contributed by atoms with E-state index in [2.05, 4.69) is 10.6 Å². The van der Waals surface area contributed by atoms with Gasteiger partial charge < -0.3 is 20.1 Å². The van der Waals surface area contributed by atoms with Gasteiger partial charge in [0.2, 0.25) is 0 Å². The number of esters is 1. The van der Waals surface area contributed by atoms with Crippen molar-refractivity contribution in [3.05, 3.63) is 65.2 Å². The molecule has 2 aromatic rings. The molecule has 0 heterocycles. The molecular formula is C21H24N2O5. The fourth-order valence-corrected chi connectivity index (χ4v) is 2.41. The molecule has 2 N–H and O–H groups in total. The molecule has 0 aliphatic carbocycles. The second kappa shape index (κ2) is 10.1. The Kier molecular flexibility index (Phi) is 7.56. The number of hydrogen-bond acceptors (Lipinski definition) is 5. The van der Waals surface area contributed by atoms with Gasteiger partial charge in [-0.3, -0.25) is 14.4 Å². The number of rotatable bonds is 8. The van der Waals surface area contributed by atoms with Crippen LogP contribution in [0.1, 0.15) is 28.4 Å². The first-order valence-corrected chi connectivity index (χ1v) is 8.84. The van der Waals surface area contributed by atoms with Crippen LogP contribution in [0.4, 0.5) is 0 Å². The fourth-order valence-electron chi connectivity index (χ4n) is 2.41. The molecule has 0 unspecified atom stereocenters. The number of aryl methyl sites for hydroxylation is 1. The van der Waals surface area contributed by atoms with Gasteiger partial charge in [0.15, 0.2) is 6.10 Å². The fraction of sp³-hybridized carbons (Fsp3) is 0.286. The summed E-state index contributed by atoms with van der Waals surface area (Å²) in [5.74, 6) is -0.760. The molecule has 0 bridgehead atoms. The molecule has 2 amide bonds. The van der Waals surface area contributed by atoms with Gasteiger partial charge in [0.05, 0.1) is 7.11 Å². The van der Waals surface area contributed by atoms with Crippen LogP contribution in [0.5, 0.6) is 5.75 Å². The minimum absolute atomic E-state index is 0.300. The molecule has 1 atom stereocenters. The zero-order chi connectivity index (χ0) is 20.5. The van der Waals surface area contributed by atoms with Crippen LogP contribution < -0.4 is 15.4 Å². The van der Waals surface area contributed by atoms with Gasteiger partial charge in [-0.05, 0) is 43.7 Å². The van der Waals surface area contributed by atoms with E-state index in [0.717, 1.165) is 16.9 Å². The van der Waals surface area contributed by atoms with Crippen LogP contribution in [0.25, 0.3) is 0 Å². The van der Waals surface area contributed by atoms with Crippen LogP contribution in [-0.4, -0.2) is 37.5 Å². The third-order valence-corrected chi connectivity index (χ3v) is 3.98. The summed E-state index contributed by atoms with van der Waals surface area (Å²) in [6.45, 7) is 3.33. The van der Waals surface area contributed by atoms with Gasteiger partial charge in [0.1, 0.15) is 12.3 Å². The topological polar surface area (TPSA) is 93.7 Å². The first kappa shape index (κ1) is 21.0. The quantitative estimate of drug-likeness (QED) is 0.679. The van der Waals surface area contributed by atoms with Crippen molar-refractivity contribution in [2.75, 3.05) is 13.7 Å². The average molecular weight is 384 g/mol. The third-order valence-electron chi connectivity index (χ3n) is 3.98. The molecule has 2 rings (SSSR count). The first-order chi connectivity index (χ1) is 13.4. The van der Waals surface area contributed by atoms with E-state index in [1.807, 2.05) is 25.1 Å². The minimum atomic E-state index is -0.971. The van der Waals surface area contributed by atoms with Gasteiger partial charge >= 0.3 is 5.97 Å². The summed E-state index contributed by atoms with van der Waals surface area (Å²) in [4.78, 5) is 36.0. The van der Waals surface area contributed by atoms with Crippen molar-refractivity contribution in [1.82, 2.24) is 10.6 Å². The molecule has 2 aromatic carbocycles. The maximum atomic E-state index is 12.1. The summed E-state index contributed by atoms with van der Waals surface area (Å²) in [5, 5.41) is 5.18. The molecule has 7 nitrogen and oxygen atoms in total. The van der Waals surface area contributed by atoms with E-state index in [1.165, 1.54) is 6.92 Å². The molecule has 0 saturated heterocycles. The van der Waals surface area contributed by atoms with E-state index in [1.54, 1.807) is 37.4 Å². The highest BCUT2D eigenvalue weighted by Gasteiger charge is 2.18. The number of carbonyl (C=O) groups is 3. The number of hydrogen-bond donors (Lipinski definition) is 2. The van der Waals surface area contributed by atoms with Crippen LogP contribution in [0.15, 0.2) is 48.5 Å². The highest BCUT2D eigenvalue weighted by Crippen LogP contribution is 2.11. The Morgan fingerprint density at radius 3 is 2.39 bits per heavy atom. The average Bonchev–Trinajstić information content (AvgIpc) is 2.70. The van der Waals surface area contributed by atoms with Crippen LogP contribution in [0.2, 0.25) is 0 Å². The van der Waals surface area contributed by atoms with E-state index < -0.39 is 18.0 Å². The Labute approximate surface area is 164 Å². The number of methoxy groups -OCH3 is 1. The molecule has 7 heteroatoms. The Morgan fingerprint density at radius 1 is 1.04 bits per heavy atom. The lowest BCUT2D eigenvalue weighted by atomic mass is 10.1. The van der Waals surface area contributed by atoms with E-state index in [4.69, 9.17) is 9.47 Å². The van der Waals surface area contributed by atoms with Crippen molar-refractivity contribution in [2.24, 2.45) is 0 Å². The van der Waals surface area contributed by atoms with Crippen molar-refractivity contribution in [2.45, 2.75) is 26.5 Å². The third kappa shape index (κ3) is 6.42. The van der Waals surface area contributed by atoms with Crippen LogP contribution in [0, 0.1) is 6.92 Å². The number of nitrogens with one attached hydrogen (secondary N) is 2. The normalized spacial score (nSPS) is 11.2. The van der Waals surface area contributed by atoms with Crippen molar-refractivity contribution in [3.63, 3.8) is 0 Å². The summed E-state index contributed by atoms with van der Waals surface area (Å²) in [6, 6.07) is 14.3. The smallest absolute Gasteiger partial charge is 0.326 e. The highest BCUT2D eigenvalue weighted by molar-refractivity contribution is 5.96. The van der Waals surface area contributed by atoms with Crippen molar-refractivity contribution >= 4 is 17.8 Å². The summed E-state index contributed by atoms with van der Waals surface area (Å²) in [7, 11) is 1.58. The Balaban J connectivity index is 1.74. The summed E-state index contributed by atoms with van der Waals surface area (Å²) in [5.41, 5.74) is 2.29. The van der Waals surface area contributed by atoms with Crippen LogP contribution >= 0.6 is 0 Å². The van der Waals surface area contributed by atoms with Crippen LogP contribution in [-0.2, 0) is 20.9 Å². The lowest BCUT2D eigenvalue weighted by Crippen LogP contribution is -2.38. The van der Waals surface area contributed by atoms with E-state index in [9.17, 15) is 14.4 Å².